The Balaban J connectivity index is 1.60. The van der Waals surface area contributed by atoms with Gasteiger partial charge in [-0.2, -0.15) is 5.26 Å². The Labute approximate surface area is 155 Å². The Morgan fingerprint density at radius 2 is 1.96 bits per heavy atom. The Morgan fingerprint density at radius 1 is 1.23 bits per heavy atom. The second-order valence-corrected chi connectivity index (χ2v) is 7.89. The van der Waals surface area contributed by atoms with E-state index in [0.717, 1.165) is 22.6 Å². The fraction of sp³-hybridized carbons (Fsp3) is 0.455. The number of hydrogen-bond donors (Lipinski definition) is 0. The second-order valence-electron chi connectivity index (χ2n) is 7.89. The smallest absolute Gasteiger partial charge is 0.178 e. The van der Waals surface area contributed by atoms with Gasteiger partial charge in [-0.05, 0) is 69.4 Å². The predicted molar refractivity (Wildman–Crippen MR) is 102 cm³/mol. The van der Waals surface area contributed by atoms with Crippen LogP contribution in [0.25, 0.3) is 5.69 Å². The van der Waals surface area contributed by atoms with E-state index in [-0.39, 0.29) is 5.78 Å². The number of carbonyl (C=O) groups is 1. The van der Waals surface area contributed by atoms with Crippen LogP contribution in [0.3, 0.4) is 0 Å². The van der Waals surface area contributed by atoms with Crippen LogP contribution in [-0.4, -0.2) is 33.9 Å². The van der Waals surface area contributed by atoms with Crippen molar-refractivity contribution in [1.82, 2.24) is 9.47 Å². The third kappa shape index (κ3) is 2.68. The van der Waals surface area contributed by atoms with Gasteiger partial charge in [-0.3, -0.25) is 9.69 Å². The van der Waals surface area contributed by atoms with E-state index in [9.17, 15) is 4.79 Å². The highest BCUT2D eigenvalue weighted by Crippen LogP contribution is 2.41. The molecule has 0 amide bonds. The van der Waals surface area contributed by atoms with Crippen LogP contribution in [0, 0.1) is 31.1 Å². The molecule has 134 valence electrons. The zero-order chi connectivity index (χ0) is 18.4. The molecule has 4 nitrogen and oxygen atoms in total. The highest BCUT2D eigenvalue weighted by Gasteiger charge is 2.44. The number of nitrogens with zero attached hydrogens (tertiary/aromatic N) is 3. The lowest BCUT2D eigenvalue weighted by molar-refractivity contribution is 0.0913. The van der Waals surface area contributed by atoms with Gasteiger partial charge < -0.3 is 4.57 Å². The van der Waals surface area contributed by atoms with Crippen molar-refractivity contribution >= 4 is 5.78 Å². The van der Waals surface area contributed by atoms with Crippen molar-refractivity contribution < 1.29 is 4.79 Å². The summed E-state index contributed by atoms with van der Waals surface area (Å²) in [6.45, 7) is 6.90. The number of Topliss-reactive ketones (excluding diaryl/α,β-unsaturated/α-hetero) is 1. The number of ketones is 1. The van der Waals surface area contributed by atoms with Crippen LogP contribution < -0.4 is 0 Å². The largest absolute Gasteiger partial charge is 0.318 e. The van der Waals surface area contributed by atoms with Crippen molar-refractivity contribution in [2.75, 3.05) is 6.54 Å². The summed E-state index contributed by atoms with van der Waals surface area (Å²) in [5, 5.41) is 8.98. The second kappa shape index (κ2) is 6.41. The molecule has 2 aliphatic heterocycles. The summed E-state index contributed by atoms with van der Waals surface area (Å²) in [7, 11) is 0. The number of nitriles is 1. The fourth-order valence-corrected chi connectivity index (χ4v) is 5.04. The Hall–Kier alpha value is -2.38. The van der Waals surface area contributed by atoms with Crippen molar-refractivity contribution in [2.24, 2.45) is 5.92 Å². The lowest BCUT2D eigenvalue weighted by Gasteiger charge is -2.21. The summed E-state index contributed by atoms with van der Waals surface area (Å²) >= 11 is 0. The number of hydrogen-bond acceptors (Lipinski definition) is 3. The number of aryl methyl sites for hydroxylation is 1. The van der Waals surface area contributed by atoms with Gasteiger partial charge in [-0.25, -0.2) is 0 Å². The topological polar surface area (TPSA) is 49.0 Å². The first-order valence-electron chi connectivity index (χ1n) is 9.48. The zero-order valence-electron chi connectivity index (χ0n) is 15.7. The monoisotopic (exact) mass is 347 g/mol. The average molecular weight is 347 g/mol. The van der Waals surface area contributed by atoms with Crippen molar-refractivity contribution in [3.8, 4) is 11.8 Å². The van der Waals surface area contributed by atoms with E-state index in [4.69, 9.17) is 5.26 Å². The van der Waals surface area contributed by atoms with Crippen molar-refractivity contribution in [3.05, 3.63) is 52.8 Å². The summed E-state index contributed by atoms with van der Waals surface area (Å²) in [5.74, 6) is 0.941. The van der Waals surface area contributed by atoms with Crippen molar-refractivity contribution in [3.63, 3.8) is 0 Å². The summed E-state index contributed by atoms with van der Waals surface area (Å²) in [6, 6.07) is 12.9. The van der Waals surface area contributed by atoms with Crippen molar-refractivity contribution in [1.29, 1.82) is 5.26 Å². The van der Waals surface area contributed by atoms with E-state index < -0.39 is 0 Å². The molecular formula is C22H25N3O. The summed E-state index contributed by atoms with van der Waals surface area (Å²) in [4.78, 5) is 15.5. The molecule has 0 spiro atoms. The molecule has 4 rings (SSSR count). The first-order chi connectivity index (χ1) is 12.5. The molecule has 2 fully saturated rings. The molecule has 0 saturated carbocycles. The third-order valence-corrected chi connectivity index (χ3v) is 6.30. The number of carbonyl (C=O) groups excluding carboxylic acids is 1. The summed E-state index contributed by atoms with van der Waals surface area (Å²) in [5.41, 5.74) is 4.50. The maximum Gasteiger partial charge on any atom is 0.178 e. The molecule has 26 heavy (non-hydrogen) atoms. The lowest BCUT2D eigenvalue weighted by atomic mass is 9.91. The van der Waals surface area contributed by atoms with Crippen LogP contribution in [0.15, 0.2) is 30.3 Å². The van der Waals surface area contributed by atoms with Gasteiger partial charge >= 0.3 is 0 Å². The molecule has 1 aromatic heterocycles. The maximum atomic E-state index is 13.0. The molecule has 0 radical (unpaired) electrons. The van der Waals surface area contributed by atoms with E-state index in [1.807, 2.05) is 44.2 Å². The SMILES string of the molecule is Cc1cc(C(=O)CN2C3CCC2[C@H](C)C3)c(C)n1-c1ccc(C#N)cc1. The van der Waals surface area contributed by atoms with Crippen LogP contribution in [0.4, 0.5) is 0 Å². The standard InChI is InChI=1S/C22H25N3O/c1-14-10-19-8-9-21(14)24(19)13-22(26)20-11-15(2)25(16(20)3)18-6-4-17(12-23)5-7-18/h4-7,11,14,19,21H,8-10,13H2,1-3H3/t14-,19?,21?/m1/s1. The zero-order valence-corrected chi connectivity index (χ0v) is 15.7. The first-order valence-corrected chi connectivity index (χ1v) is 9.48. The van der Waals surface area contributed by atoms with Gasteiger partial charge in [0.15, 0.2) is 5.78 Å². The molecule has 2 aliphatic rings. The normalized spacial score (nSPS) is 24.8. The minimum absolute atomic E-state index is 0.226. The number of fused-ring (bicyclic) bond motifs is 2. The summed E-state index contributed by atoms with van der Waals surface area (Å²) in [6.07, 6.45) is 3.72. The van der Waals surface area contributed by atoms with Gasteiger partial charge in [-0.15, -0.1) is 0 Å². The minimum Gasteiger partial charge on any atom is -0.318 e. The van der Waals surface area contributed by atoms with Crippen LogP contribution >= 0.6 is 0 Å². The van der Waals surface area contributed by atoms with E-state index in [1.54, 1.807) is 0 Å². The Morgan fingerprint density at radius 3 is 2.54 bits per heavy atom. The van der Waals surface area contributed by atoms with Crippen LogP contribution in [-0.2, 0) is 0 Å². The Bertz CT molecular complexity index is 887. The van der Waals surface area contributed by atoms with Gasteiger partial charge in [0.25, 0.3) is 0 Å². The molecule has 1 aromatic carbocycles. The quantitative estimate of drug-likeness (QED) is 0.785. The molecular weight excluding hydrogens is 322 g/mol. The number of rotatable bonds is 4. The first kappa shape index (κ1) is 17.1. The lowest BCUT2D eigenvalue weighted by Crippen LogP contribution is -2.35. The van der Waals surface area contributed by atoms with E-state index in [2.05, 4.69) is 22.5 Å². The van der Waals surface area contributed by atoms with E-state index in [0.29, 0.717) is 30.1 Å². The van der Waals surface area contributed by atoms with E-state index >= 15 is 0 Å². The molecule has 0 aliphatic carbocycles. The predicted octanol–water partition coefficient (Wildman–Crippen LogP) is 4.02. The van der Waals surface area contributed by atoms with Crippen molar-refractivity contribution in [2.45, 2.75) is 52.1 Å². The number of aromatic nitrogens is 1. The highest BCUT2D eigenvalue weighted by atomic mass is 16.1. The van der Waals surface area contributed by atoms with E-state index in [1.165, 1.54) is 19.3 Å². The molecule has 4 heteroatoms. The van der Waals surface area contributed by atoms with Gasteiger partial charge in [0, 0.05) is 34.7 Å². The van der Waals surface area contributed by atoms with Gasteiger partial charge in [0.2, 0.25) is 0 Å². The van der Waals surface area contributed by atoms with Gasteiger partial charge in [0.1, 0.15) is 0 Å². The van der Waals surface area contributed by atoms with Crippen LogP contribution in [0.1, 0.15) is 53.5 Å². The average Bonchev–Trinajstić information content (AvgIpc) is 3.25. The molecule has 0 N–H and O–H groups in total. The fourth-order valence-electron chi connectivity index (χ4n) is 5.04. The molecule has 2 aromatic rings. The molecule has 3 atom stereocenters. The van der Waals surface area contributed by atoms with Crippen LogP contribution in [0.5, 0.6) is 0 Å². The molecule has 2 unspecified atom stereocenters. The van der Waals surface area contributed by atoms with Crippen LogP contribution in [0.2, 0.25) is 0 Å². The third-order valence-electron chi connectivity index (χ3n) is 6.30. The summed E-state index contributed by atoms with van der Waals surface area (Å²) < 4.78 is 2.11. The Kier molecular flexibility index (Phi) is 4.20. The molecule has 2 bridgehead atoms. The van der Waals surface area contributed by atoms with Gasteiger partial charge in [0.05, 0.1) is 18.2 Å². The maximum absolute atomic E-state index is 13.0. The molecule has 3 heterocycles. The number of benzene rings is 1. The van der Waals surface area contributed by atoms with Gasteiger partial charge in [-0.1, -0.05) is 6.92 Å². The highest BCUT2D eigenvalue weighted by molar-refractivity contribution is 5.99. The molecule has 2 saturated heterocycles. The minimum atomic E-state index is 0.226.